The van der Waals surface area contributed by atoms with Crippen molar-refractivity contribution in [2.75, 3.05) is 5.32 Å². The molecule has 3 atom stereocenters. The van der Waals surface area contributed by atoms with Gasteiger partial charge in [0, 0.05) is 23.8 Å². The van der Waals surface area contributed by atoms with E-state index in [2.05, 4.69) is 40.2 Å². The molecule has 0 radical (unpaired) electrons. The topological polar surface area (TPSA) is 108 Å². The van der Waals surface area contributed by atoms with Crippen LogP contribution in [0.25, 0.3) is 10.4 Å². The van der Waals surface area contributed by atoms with Gasteiger partial charge in [-0.15, -0.1) is 11.3 Å². The minimum absolute atomic E-state index is 0.107. The Labute approximate surface area is 198 Å². The first kappa shape index (κ1) is 23.3. The maximum atomic E-state index is 11.4. The van der Waals surface area contributed by atoms with Crippen LogP contribution in [0.5, 0.6) is 0 Å². The Kier molecular flexibility index (Phi) is 6.50. The molecular weight excluding hydrogens is 436 g/mol. The molecule has 1 aromatic carbocycles. The summed E-state index contributed by atoms with van der Waals surface area (Å²) in [5, 5.41) is 24.6. The number of aliphatic hydroxyl groups is 1. The fourth-order valence-corrected chi connectivity index (χ4v) is 5.55. The molecule has 2 aromatic heterocycles. The normalized spacial score (nSPS) is 23.0. The van der Waals surface area contributed by atoms with Crippen molar-refractivity contribution in [2.24, 2.45) is 11.8 Å². The van der Waals surface area contributed by atoms with E-state index in [1.807, 2.05) is 32.0 Å². The van der Waals surface area contributed by atoms with Gasteiger partial charge in [-0.25, -0.2) is 15.0 Å². The van der Waals surface area contributed by atoms with Crippen molar-refractivity contribution in [2.45, 2.75) is 58.5 Å². The first-order valence-corrected chi connectivity index (χ1v) is 12.1. The van der Waals surface area contributed by atoms with Crippen molar-refractivity contribution < 1.29 is 15.0 Å². The van der Waals surface area contributed by atoms with Crippen molar-refractivity contribution in [3.63, 3.8) is 0 Å². The average molecular weight is 467 g/mol. The lowest BCUT2D eigenvalue weighted by molar-refractivity contribution is -0.148. The number of nitrogens with one attached hydrogen (secondary N) is 1. The third-order valence-electron chi connectivity index (χ3n) is 6.32. The highest BCUT2D eigenvalue weighted by Gasteiger charge is 2.43. The summed E-state index contributed by atoms with van der Waals surface area (Å²) in [4.78, 5) is 25.9. The molecule has 8 heteroatoms. The fourth-order valence-electron chi connectivity index (χ4n) is 4.52. The van der Waals surface area contributed by atoms with Crippen LogP contribution in [0.2, 0.25) is 0 Å². The number of aliphatic carboxylic acids is 1. The zero-order valence-corrected chi connectivity index (χ0v) is 20.2. The van der Waals surface area contributed by atoms with Gasteiger partial charge in [0.15, 0.2) is 0 Å². The first-order valence-electron chi connectivity index (χ1n) is 11.3. The summed E-state index contributed by atoms with van der Waals surface area (Å²) in [6.45, 7) is 8.12. The fraction of sp³-hybridized carbons (Fsp3) is 0.440. The van der Waals surface area contributed by atoms with Gasteiger partial charge in [-0.2, -0.15) is 0 Å². The molecule has 3 aromatic rings. The Morgan fingerprint density at radius 1 is 1.27 bits per heavy atom. The summed E-state index contributed by atoms with van der Waals surface area (Å²) < 4.78 is 0. The van der Waals surface area contributed by atoms with Crippen LogP contribution in [0, 0.1) is 18.8 Å². The number of hydrogen-bond acceptors (Lipinski definition) is 7. The van der Waals surface area contributed by atoms with E-state index in [0.717, 1.165) is 27.4 Å². The van der Waals surface area contributed by atoms with E-state index in [0.29, 0.717) is 36.1 Å². The third kappa shape index (κ3) is 5.07. The van der Waals surface area contributed by atoms with Gasteiger partial charge >= 0.3 is 5.97 Å². The lowest BCUT2D eigenvalue weighted by atomic mass is 9.72. The minimum Gasteiger partial charge on any atom is -0.481 e. The molecule has 0 bridgehead atoms. The molecule has 1 saturated carbocycles. The van der Waals surface area contributed by atoms with E-state index in [4.69, 9.17) is 0 Å². The molecule has 1 aliphatic rings. The van der Waals surface area contributed by atoms with Crippen LogP contribution in [0.1, 0.15) is 62.2 Å². The molecule has 1 aliphatic carbocycles. The summed E-state index contributed by atoms with van der Waals surface area (Å²) in [5.41, 5.74) is 2.86. The van der Waals surface area contributed by atoms with Gasteiger partial charge in [0.1, 0.15) is 10.6 Å². The van der Waals surface area contributed by atoms with Crippen LogP contribution < -0.4 is 5.32 Å². The maximum absolute atomic E-state index is 11.4. The second-order valence-electron chi connectivity index (χ2n) is 9.40. The van der Waals surface area contributed by atoms with Gasteiger partial charge in [0.25, 0.3) is 0 Å². The van der Waals surface area contributed by atoms with E-state index in [1.54, 1.807) is 12.4 Å². The number of carbonyl (C=O) groups is 1. The quantitative estimate of drug-likeness (QED) is 0.441. The molecule has 0 aliphatic heterocycles. The summed E-state index contributed by atoms with van der Waals surface area (Å²) in [5.74, 6) is -0.430. The van der Waals surface area contributed by atoms with Gasteiger partial charge in [-0.3, -0.25) is 4.79 Å². The number of benzene rings is 1. The molecule has 4 rings (SSSR count). The number of carboxylic acids is 1. The highest BCUT2D eigenvalue weighted by Crippen LogP contribution is 2.45. The number of carboxylic acid groups (broad SMARTS) is 1. The smallest absolute Gasteiger partial charge is 0.306 e. The van der Waals surface area contributed by atoms with Crippen LogP contribution >= 0.6 is 11.3 Å². The number of aryl methyl sites for hydroxylation is 1. The number of aromatic nitrogens is 3. The van der Waals surface area contributed by atoms with E-state index in [1.165, 1.54) is 11.3 Å². The highest BCUT2D eigenvalue weighted by molar-refractivity contribution is 7.15. The molecule has 1 fully saturated rings. The molecule has 174 valence electrons. The molecule has 3 unspecified atom stereocenters. The Morgan fingerprint density at radius 3 is 2.76 bits per heavy atom. The molecule has 0 amide bonds. The van der Waals surface area contributed by atoms with Gasteiger partial charge in [-0.1, -0.05) is 26.8 Å². The summed E-state index contributed by atoms with van der Waals surface area (Å²) in [6, 6.07) is 8.08. The Morgan fingerprint density at radius 2 is 2.06 bits per heavy atom. The van der Waals surface area contributed by atoms with Crippen molar-refractivity contribution >= 4 is 28.9 Å². The van der Waals surface area contributed by atoms with E-state index >= 15 is 0 Å². The predicted octanol–water partition coefficient (Wildman–Crippen LogP) is 5.48. The molecule has 0 saturated heterocycles. The lowest BCUT2D eigenvalue weighted by Gasteiger charge is -2.37. The van der Waals surface area contributed by atoms with Crippen molar-refractivity contribution in [1.82, 2.24) is 15.0 Å². The highest BCUT2D eigenvalue weighted by atomic mass is 32.1. The Hall–Kier alpha value is -2.84. The second kappa shape index (κ2) is 9.19. The zero-order valence-electron chi connectivity index (χ0n) is 19.4. The van der Waals surface area contributed by atoms with Gasteiger partial charge in [0.2, 0.25) is 5.95 Å². The summed E-state index contributed by atoms with van der Waals surface area (Å²) >= 11 is 1.47. The van der Waals surface area contributed by atoms with Crippen LogP contribution in [-0.2, 0) is 10.4 Å². The lowest BCUT2D eigenvalue weighted by Crippen LogP contribution is -2.38. The standard InChI is InChI=1S/C25H30N4O3S/c1-14(2)20-6-8-26-24(29-20)28-18-10-15(3)9-17(11-18)21-13-27-23(33-21)25(32)7-5-19(22(30)31)16(4)12-25/h6,8-11,13-14,16,19,32H,5,7,12H2,1-4H3,(H,30,31)(H,26,28,29). The number of nitrogens with zero attached hydrogens (tertiary/aromatic N) is 3. The molecular formula is C25H30N4O3S. The largest absolute Gasteiger partial charge is 0.481 e. The number of anilines is 2. The monoisotopic (exact) mass is 466 g/mol. The number of rotatable bonds is 6. The molecule has 2 heterocycles. The van der Waals surface area contributed by atoms with Gasteiger partial charge < -0.3 is 15.5 Å². The number of hydrogen-bond donors (Lipinski definition) is 3. The zero-order chi connectivity index (χ0) is 23.8. The summed E-state index contributed by atoms with van der Waals surface area (Å²) in [6.07, 6.45) is 4.82. The molecule has 7 nitrogen and oxygen atoms in total. The van der Waals surface area contributed by atoms with Crippen LogP contribution in [0.3, 0.4) is 0 Å². The number of thiazole rings is 1. The van der Waals surface area contributed by atoms with Gasteiger partial charge in [-0.05, 0) is 67.3 Å². The van der Waals surface area contributed by atoms with Crippen molar-refractivity contribution in [1.29, 1.82) is 0 Å². The first-order chi connectivity index (χ1) is 15.6. The second-order valence-corrected chi connectivity index (χ2v) is 10.4. The van der Waals surface area contributed by atoms with Crippen LogP contribution in [-0.4, -0.2) is 31.1 Å². The van der Waals surface area contributed by atoms with Crippen LogP contribution in [0.15, 0.2) is 36.7 Å². The van der Waals surface area contributed by atoms with Gasteiger partial charge in [0.05, 0.1) is 10.8 Å². The Bertz CT molecular complexity index is 1160. The predicted molar refractivity (Wildman–Crippen MR) is 130 cm³/mol. The Balaban J connectivity index is 1.57. The SMILES string of the molecule is Cc1cc(Nc2nccc(C(C)C)n2)cc(-c2cnc(C3(O)CCC(C(=O)O)C(C)C3)s2)c1. The average Bonchev–Trinajstić information content (AvgIpc) is 3.24. The van der Waals surface area contributed by atoms with Crippen LogP contribution in [0.4, 0.5) is 11.6 Å². The maximum Gasteiger partial charge on any atom is 0.306 e. The third-order valence-corrected chi connectivity index (χ3v) is 7.56. The van der Waals surface area contributed by atoms with E-state index in [9.17, 15) is 15.0 Å². The minimum atomic E-state index is -1.08. The molecule has 33 heavy (non-hydrogen) atoms. The van der Waals surface area contributed by atoms with E-state index in [-0.39, 0.29) is 5.92 Å². The molecule has 0 spiro atoms. The summed E-state index contributed by atoms with van der Waals surface area (Å²) in [7, 11) is 0. The van der Waals surface area contributed by atoms with E-state index < -0.39 is 17.5 Å². The van der Waals surface area contributed by atoms with Crippen molar-refractivity contribution in [3.05, 3.63) is 52.9 Å². The molecule has 3 N–H and O–H groups in total. The van der Waals surface area contributed by atoms with Crippen molar-refractivity contribution in [3.8, 4) is 10.4 Å².